The van der Waals surface area contributed by atoms with Crippen LogP contribution in [0.15, 0.2) is 56.5 Å². The molecule has 0 aliphatic heterocycles. The van der Waals surface area contributed by atoms with Gasteiger partial charge < -0.3 is 10.1 Å². The number of halogens is 2. The number of hydrazone groups is 1. The summed E-state index contributed by atoms with van der Waals surface area (Å²) >= 11 is 6.78. The molecule has 2 amide bonds. The Kier molecular flexibility index (Phi) is 9.34. The zero-order valence-corrected chi connectivity index (χ0v) is 19.4. The van der Waals surface area contributed by atoms with E-state index in [-0.39, 0.29) is 0 Å². The lowest BCUT2D eigenvalue weighted by molar-refractivity contribution is -0.131. The molecule has 0 saturated heterocycles. The molecule has 0 radical (unpaired) electrons. The van der Waals surface area contributed by atoms with Gasteiger partial charge in [-0.2, -0.15) is 5.10 Å². The fourth-order valence-corrected chi connectivity index (χ4v) is 3.03. The van der Waals surface area contributed by atoms with Crippen LogP contribution in [0.2, 0.25) is 0 Å². The SMILES string of the molecule is CCCCOc1ccc(Br)cc1C=NNC(=O)C(C)C(=O)Nc1ccccc1Br. The second-order valence-corrected chi connectivity index (χ2v) is 8.08. The zero-order valence-electron chi connectivity index (χ0n) is 16.2. The lowest BCUT2D eigenvalue weighted by Gasteiger charge is -2.12. The van der Waals surface area contributed by atoms with Crippen molar-refractivity contribution >= 4 is 55.6 Å². The van der Waals surface area contributed by atoms with Crippen LogP contribution < -0.4 is 15.5 Å². The molecule has 2 rings (SSSR count). The first-order valence-electron chi connectivity index (χ1n) is 9.23. The molecule has 0 aromatic heterocycles. The highest BCUT2D eigenvalue weighted by Crippen LogP contribution is 2.23. The highest BCUT2D eigenvalue weighted by molar-refractivity contribution is 9.10. The van der Waals surface area contributed by atoms with Crippen LogP contribution in [0.5, 0.6) is 5.75 Å². The summed E-state index contributed by atoms with van der Waals surface area (Å²) in [7, 11) is 0. The van der Waals surface area contributed by atoms with Crippen LogP contribution in [0.1, 0.15) is 32.3 Å². The average Bonchev–Trinajstić information content (AvgIpc) is 2.70. The summed E-state index contributed by atoms with van der Waals surface area (Å²) in [4.78, 5) is 24.6. The summed E-state index contributed by atoms with van der Waals surface area (Å²) in [6, 6.07) is 12.8. The van der Waals surface area contributed by atoms with E-state index in [2.05, 4.69) is 54.6 Å². The Balaban J connectivity index is 1.97. The van der Waals surface area contributed by atoms with E-state index in [0.717, 1.165) is 27.4 Å². The molecule has 0 heterocycles. The minimum atomic E-state index is -0.915. The molecule has 0 bridgehead atoms. The third-order valence-electron chi connectivity index (χ3n) is 4.02. The van der Waals surface area contributed by atoms with Gasteiger partial charge in [0.1, 0.15) is 11.7 Å². The van der Waals surface area contributed by atoms with E-state index in [4.69, 9.17) is 4.74 Å². The van der Waals surface area contributed by atoms with Crippen molar-refractivity contribution in [2.75, 3.05) is 11.9 Å². The number of para-hydroxylation sites is 1. The van der Waals surface area contributed by atoms with Crippen molar-refractivity contribution in [2.45, 2.75) is 26.7 Å². The third-order valence-corrected chi connectivity index (χ3v) is 5.21. The fourth-order valence-electron chi connectivity index (χ4n) is 2.26. The largest absolute Gasteiger partial charge is 0.493 e. The number of rotatable bonds is 9. The molecule has 0 fully saturated rings. The summed E-state index contributed by atoms with van der Waals surface area (Å²) in [6.45, 7) is 4.23. The predicted molar refractivity (Wildman–Crippen MR) is 122 cm³/mol. The number of hydrogen-bond acceptors (Lipinski definition) is 4. The van der Waals surface area contributed by atoms with E-state index in [9.17, 15) is 9.59 Å². The molecule has 2 aromatic rings. The maximum atomic E-state index is 12.3. The number of nitrogens with zero attached hydrogens (tertiary/aromatic N) is 1. The average molecular weight is 525 g/mol. The quantitative estimate of drug-likeness (QED) is 0.207. The van der Waals surface area contributed by atoms with Gasteiger partial charge in [0, 0.05) is 14.5 Å². The Morgan fingerprint density at radius 1 is 1.17 bits per heavy atom. The van der Waals surface area contributed by atoms with Gasteiger partial charge in [-0.25, -0.2) is 5.43 Å². The van der Waals surface area contributed by atoms with Gasteiger partial charge >= 0.3 is 0 Å². The van der Waals surface area contributed by atoms with Gasteiger partial charge in [-0.3, -0.25) is 9.59 Å². The van der Waals surface area contributed by atoms with Gasteiger partial charge in [-0.1, -0.05) is 41.4 Å². The van der Waals surface area contributed by atoms with E-state index in [0.29, 0.717) is 18.0 Å². The van der Waals surface area contributed by atoms with E-state index in [1.165, 1.54) is 13.1 Å². The Morgan fingerprint density at radius 2 is 1.93 bits per heavy atom. The van der Waals surface area contributed by atoms with Gasteiger partial charge in [0.25, 0.3) is 5.91 Å². The molecule has 0 aliphatic carbocycles. The summed E-state index contributed by atoms with van der Waals surface area (Å²) in [6.07, 6.45) is 3.49. The number of anilines is 1. The van der Waals surface area contributed by atoms with Crippen molar-refractivity contribution in [3.05, 3.63) is 57.0 Å². The minimum Gasteiger partial charge on any atom is -0.493 e. The topological polar surface area (TPSA) is 79.8 Å². The minimum absolute atomic E-state index is 0.421. The molecule has 8 heteroatoms. The van der Waals surface area contributed by atoms with Crippen molar-refractivity contribution in [3.63, 3.8) is 0 Å². The Bertz CT molecular complexity index is 887. The monoisotopic (exact) mass is 523 g/mol. The first-order valence-corrected chi connectivity index (χ1v) is 10.8. The number of benzene rings is 2. The number of carbonyl (C=O) groups is 2. The normalized spacial score (nSPS) is 11.9. The van der Waals surface area contributed by atoms with Gasteiger partial charge in [0.15, 0.2) is 0 Å². The van der Waals surface area contributed by atoms with Crippen molar-refractivity contribution in [3.8, 4) is 5.75 Å². The predicted octanol–water partition coefficient (Wildman–Crippen LogP) is 5.12. The lowest BCUT2D eigenvalue weighted by Crippen LogP contribution is -2.34. The van der Waals surface area contributed by atoms with Crippen LogP contribution >= 0.6 is 31.9 Å². The molecule has 6 nitrogen and oxygen atoms in total. The van der Waals surface area contributed by atoms with E-state index in [1.54, 1.807) is 12.1 Å². The highest BCUT2D eigenvalue weighted by atomic mass is 79.9. The molecule has 154 valence electrons. The van der Waals surface area contributed by atoms with Crippen LogP contribution in [0.25, 0.3) is 0 Å². The number of amides is 2. The maximum Gasteiger partial charge on any atom is 0.252 e. The summed E-state index contributed by atoms with van der Waals surface area (Å²) in [5.74, 6) is -1.16. The molecular formula is C21H23Br2N3O3. The Morgan fingerprint density at radius 3 is 2.66 bits per heavy atom. The molecule has 0 spiro atoms. The molecule has 0 saturated carbocycles. The Hall–Kier alpha value is -2.19. The fraction of sp³-hybridized carbons (Fsp3) is 0.286. The van der Waals surface area contributed by atoms with Gasteiger partial charge in [0.05, 0.1) is 18.5 Å². The summed E-state index contributed by atoms with van der Waals surface area (Å²) < 4.78 is 7.37. The van der Waals surface area contributed by atoms with Gasteiger partial charge in [0.2, 0.25) is 5.91 Å². The second-order valence-electron chi connectivity index (χ2n) is 6.31. The summed E-state index contributed by atoms with van der Waals surface area (Å²) in [5.41, 5.74) is 3.74. The van der Waals surface area contributed by atoms with E-state index < -0.39 is 17.7 Å². The highest BCUT2D eigenvalue weighted by Gasteiger charge is 2.21. The smallest absolute Gasteiger partial charge is 0.252 e. The number of nitrogens with one attached hydrogen (secondary N) is 2. The first kappa shape index (κ1) is 23.1. The molecular weight excluding hydrogens is 502 g/mol. The molecule has 2 aromatic carbocycles. The lowest BCUT2D eigenvalue weighted by atomic mass is 10.1. The standard InChI is InChI=1S/C21H23Br2N3O3/c1-3-4-11-29-19-10-9-16(22)12-15(19)13-24-26-21(28)14(2)20(27)25-18-8-6-5-7-17(18)23/h5-10,12-14H,3-4,11H2,1-2H3,(H,25,27)(H,26,28). The van der Waals surface area contributed by atoms with Crippen molar-refractivity contribution in [1.29, 1.82) is 0 Å². The zero-order chi connectivity index (χ0) is 21.2. The molecule has 29 heavy (non-hydrogen) atoms. The second kappa shape index (κ2) is 11.7. The van der Waals surface area contributed by atoms with Crippen LogP contribution in [0.3, 0.4) is 0 Å². The first-order chi connectivity index (χ1) is 13.9. The summed E-state index contributed by atoms with van der Waals surface area (Å²) in [5, 5.41) is 6.70. The van der Waals surface area contributed by atoms with Gasteiger partial charge in [-0.05, 0) is 59.6 Å². The number of ether oxygens (including phenoxy) is 1. The third kappa shape index (κ3) is 7.29. The number of carbonyl (C=O) groups excluding carboxylic acids is 2. The molecule has 2 N–H and O–H groups in total. The molecule has 0 aliphatic rings. The molecule has 1 atom stereocenters. The van der Waals surface area contributed by atoms with Crippen molar-refractivity contribution in [2.24, 2.45) is 11.0 Å². The maximum absolute atomic E-state index is 12.3. The van der Waals surface area contributed by atoms with Crippen molar-refractivity contribution < 1.29 is 14.3 Å². The van der Waals surface area contributed by atoms with Crippen LogP contribution in [-0.2, 0) is 9.59 Å². The number of unbranched alkanes of at least 4 members (excludes halogenated alkanes) is 1. The molecule has 1 unspecified atom stereocenters. The Labute approximate surface area is 187 Å². The van der Waals surface area contributed by atoms with E-state index in [1.807, 2.05) is 30.3 Å². The van der Waals surface area contributed by atoms with E-state index >= 15 is 0 Å². The van der Waals surface area contributed by atoms with Gasteiger partial charge in [-0.15, -0.1) is 0 Å². The van der Waals surface area contributed by atoms with Crippen LogP contribution in [0, 0.1) is 5.92 Å². The van der Waals surface area contributed by atoms with Crippen LogP contribution in [-0.4, -0.2) is 24.6 Å². The van der Waals surface area contributed by atoms with Crippen molar-refractivity contribution in [1.82, 2.24) is 5.43 Å². The number of hydrogen-bond donors (Lipinski definition) is 2. The van der Waals surface area contributed by atoms with Crippen LogP contribution in [0.4, 0.5) is 5.69 Å².